The molecule has 1 N–H and O–H groups in total. The van der Waals surface area contributed by atoms with Crippen LogP contribution in [0.4, 0.5) is 0 Å². The van der Waals surface area contributed by atoms with Gasteiger partial charge in [-0.1, -0.05) is 0 Å². The van der Waals surface area contributed by atoms with Crippen molar-refractivity contribution in [3.63, 3.8) is 0 Å². The molecule has 1 aromatic heterocycles. The van der Waals surface area contributed by atoms with Gasteiger partial charge in [0.05, 0.1) is 12.4 Å². The van der Waals surface area contributed by atoms with Crippen LogP contribution in [-0.2, 0) is 6.54 Å². The molecule has 1 saturated heterocycles. The van der Waals surface area contributed by atoms with Crippen molar-refractivity contribution in [3.05, 3.63) is 12.4 Å². The van der Waals surface area contributed by atoms with Crippen LogP contribution in [0.1, 0.15) is 19.8 Å². The number of ether oxygens (including phenoxy) is 1. The molecule has 0 unspecified atom stereocenters. The maximum absolute atomic E-state index is 5.81. The van der Waals surface area contributed by atoms with Crippen LogP contribution in [0.2, 0.25) is 0 Å². The molecule has 0 aliphatic carbocycles. The van der Waals surface area contributed by atoms with Crippen molar-refractivity contribution >= 4 is 0 Å². The maximum Gasteiger partial charge on any atom is 0.157 e. The van der Waals surface area contributed by atoms with Crippen molar-refractivity contribution in [2.24, 2.45) is 0 Å². The Hall–Kier alpha value is -1.03. The molecule has 0 atom stereocenters. The first-order chi connectivity index (χ1) is 6.88. The van der Waals surface area contributed by atoms with E-state index in [4.69, 9.17) is 4.74 Å². The minimum Gasteiger partial charge on any atom is -0.487 e. The summed E-state index contributed by atoms with van der Waals surface area (Å²) in [6.07, 6.45) is 6.31. The van der Waals surface area contributed by atoms with E-state index < -0.39 is 0 Å². The molecule has 0 amide bonds. The molecule has 1 fully saturated rings. The molecule has 2 heterocycles. The standard InChI is InChI=1S/C10H17N3O/c1-2-13-8-10(7-12-13)14-9-3-5-11-6-4-9/h7-9,11H,2-6H2,1H3. The molecule has 4 heteroatoms. The van der Waals surface area contributed by atoms with Gasteiger partial charge in [0.15, 0.2) is 5.75 Å². The van der Waals surface area contributed by atoms with Crippen molar-refractivity contribution in [3.8, 4) is 5.75 Å². The topological polar surface area (TPSA) is 39.1 Å². The van der Waals surface area contributed by atoms with Crippen LogP contribution in [0.25, 0.3) is 0 Å². The van der Waals surface area contributed by atoms with E-state index in [1.165, 1.54) is 0 Å². The average Bonchev–Trinajstić information content (AvgIpc) is 2.67. The van der Waals surface area contributed by atoms with Gasteiger partial charge in [-0.2, -0.15) is 5.10 Å². The maximum atomic E-state index is 5.81. The van der Waals surface area contributed by atoms with Gasteiger partial charge in [-0.15, -0.1) is 0 Å². The quantitative estimate of drug-likeness (QED) is 0.783. The number of piperidine rings is 1. The fraction of sp³-hybridized carbons (Fsp3) is 0.700. The lowest BCUT2D eigenvalue weighted by Gasteiger charge is -2.22. The number of hydrogen-bond acceptors (Lipinski definition) is 3. The summed E-state index contributed by atoms with van der Waals surface area (Å²) in [5.41, 5.74) is 0. The van der Waals surface area contributed by atoms with Gasteiger partial charge in [0.2, 0.25) is 0 Å². The number of aromatic nitrogens is 2. The second-order valence-corrected chi connectivity index (χ2v) is 3.60. The van der Waals surface area contributed by atoms with Gasteiger partial charge in [0.25, 0.3) is 0 Å². The zero-order chi connectivity index (χ0) is 9.80. The molecule has 0 saturated carbocycles. The second kappa shape index (κ2) is 4.46. The number of aryl methyl sites for hydroxylation is 1. The Bertz CT molecular complexity index is 279. The Labute approximate surface area is 84.3 Å². The lowest BCUT2D eigenvalue weighted by Crippen LogP contribution is -2.34. The van der Waals surface area contributed by atoms with Gasteiger partial charge >= 0.3 is 0 Å². The minimum absolute atomic E-state index is 0.366. The summed E-state index contributed by atoms with van der Waals surface area (Å²) < 4.78 is 7.70. The molecule has 4 nitrogen and oxygen atoms in total. The van der Waals surface area contributed by atoms with Crippen molar-refractivity contribution < 1.29 is 4.74 Å². The highest BCUT2D eigenvalue weighted by atomic mass is 16.5. The van der Waals surface area contributed by atoms with Crippen LogP contribution in [-0.4, -0.2) is 29.0 Å². The summed E-state index contributed by atoms with van der Waals surface area (Å²) in [4.78, 5) is 0. The monoisotopic (exact) mass is 195 g/mol. The highest BCUT2D eigenvalue weighted by Crippen LogP contribution is 2.15. The van der Waals surface area contributed by atoms with E-state index in [0.29, 0.717) is 6.10 Å². The molecule has 14 heavy (non-hydrogen) atoms. The molecule has 78 valence electrons. The zero-order valence-corrected chi connectivity index (χ0v) is 8.57. The Kier molecular flexibility index (Phi) is 3.03. The van der Waals surface area contributed by atoms with Crippen molar-refractivity contribution in [2.45, 2.75) is 32.4 Å². The van der Waals surface area contributed by atoms with Crippen LogP contribution in [0, 0.1) is 0 Å². The van der Waals surface area contributed by atoms with Crippen LogP contribution in [0.15, 0.2) is 12.4 Å². The molecular weight excluding hydrogens is 178 g/mol. The molecule has 1 aliphatic rings. The molecular formula is C10H17N3O. The molecule has 1 aliphatic heterocycles. The third kappa shape index (κ3) is 2.26. The average molecular weight is 195 g/mol. The largest absolute Gasteiger partial charge is 0.487 e. The van der Waals surface area contributed by atoms with E-state index in [-0.39, 0.29) is 0 Å². The zero-order valence-electron chi connectivity index (χ0n) is 8.57. The fourth-order valence-electron chi connectivity index (χ4n) is 1.68. The first-order valence-electron chi connectivity index (χ1n) is 5.28. The number of nitrogens with one attached hydrogen (secondary N) is 1. The summed E-state index contributed by atoms with van der Waals surface area (Å²) in [5.74, 6) is 0.902. The smallest absolute Gasteiger partial charge is 0.157 e. The van der Waals surface area contributed by atoms with E-state index in [1.807, 2.05) is 10.9 Å². The number of hydrogen-bond donors (Lipinski definition) is 1. The van der Waals surface area contributed by atoms with E-state index in [1.54, 1.807) is 6.20 Å². The minimum atomic E-state index is 0.366. The van der Waals surface area contributed by atoms with Gasteiger partial charge in [0.1, 0.15) is 6.10 Å². The summed E-state index contributed by atoms with van der Waals surface area (Å²) in [6, 6.07) is 0. The van der Waals surface area contributed by atoms with E-state index >= 15 is 0 Å². The van der Waals surface area contributed by atoms with Gasteiger partial charge < -0.3 is 10.1 Å². The normalized spacial score (nSPS) is 18.4. The molecule has 0 aromatic carbocycles. The van der Waals surface area contributed by atoms with Crippen LogP contribution in [0.3, 0.4) is 0 Å². The Balaban J connectivity index is 1.89. The van der Waals surface area contributed by atoms with E-state index in [2.05, 4.69) is 17.3 Å². The van der Waals surface area contributed by atoms with Gasteiger partial charge in [-0.05, 0) is 32.9 Å². The van der Waals surface area contributed by atoms with Gasteiger partial charge in [0, 0.05) is 6.54 Å². The van der Waals surface area contributed by atoms with E-state index in [9.17, 15) is 0 Å². The second-order valence-electron chi connectivity index (χ2n) is 3.60. The molecule has 0 spiro atoms. The Morgan fingerprint density at radius 1 is 1.57 bits per heavy atom. The third-order valence-electron chi connectivity index (χ3n) is 2.52. The summed E-state index contributed by atoms with van der Waals surface area (Å²) >= 11 is 0. The molecule has 2 rings (SSSR count). The first kappa shape index (κ1) is 9.52. The molecule has 1 aromatic rings. The SMILES string of the molecule is CCn1cc(OC2CCNCC2)cn1. The van der Waals surface area contributed by atoms with Gasteiger partial charge in [-0.3, -0.25) is 4.68 Å². The lowest BCUT2D eigenvalue weighted by atomic mass is 10.1. The predicted octanol–water partition coefficient (Wildman–Crippen LogP) is 1.03. The number of nitrogens with zero attached hydrogens (tertiary/aromatic N) is 2. The van der Waals surface area contributed by atoms with E-state index in [0.717, 1.165) is 38.2 Å². The lowest BCUT2D eigenvalue weighted by molar-refractivity contribution is 0.162. The third-order valence-corrected chi connectivity index (χ3v) is 2.52. The van der Waals surface area contributed by atoms with Gasteiger partial charge in [-0.25, -0.2) is 0 Å². The van der Waals surface area contributed by atoms with Crippen molar-refractivity contribution in [1.29, 1.82) is 0 Å². The highest BCUT2D eigenvalue weighted by molar-refractivity contribution is 5.12. The predicted molar refractivity (Wildman–Crippen MR) is 54.4 cm³/mol. The van der Waals surface area contributed by atoms with Crippen LogP contribution in [0.5, 0.6) is 5.75 Å². The fourth-order valence-corrected chi connectivity index (χ4v) is 1.68. The summed E-state index contributed by atoms with van der Waals surface area (Å²) in [6.45, 7) is 5.09. The number of rotatable bonds is 3. The van der Waals surface area contributed by atoms with Crippen molar-refractivity contribution in [2.75, 3.05) is 13.1 Å². The van der Waals surface area contributed by atoms with Crippen molar-refractivity contribution in [1.82, 2.24) is 15.1 Å². The Morgan fingerprint density at radius 3 is 3.00 bits per heavy atom. The molecule has 0 radical (unpaired) electrons. The molecule has 0 bridgehead atoms. The summed E-state index contributed by atoms with van der Waals surface area (Å²) in [7, 11) is 0. The highest BCUT2D eigenvalue weighted by Gasteiger charge is 2.14. The van der Waals surface area contributed by atoms with Crippen LogP contribution >= 0.6 is 0 Å². The summed E-state index contributed by atoms with van der Waals surface area (Å²) in [5, 5.41) is 7.49. The Morgan fingerprint density at radius 2 is 2.36 bits per heavy atom. The van der Waals surface area contributed by atoms with Crippen LogP contribution < -0.4 is 10.1 Å². The first-order valence-corrected chi connectivity index (χ1v) is 5.28.